The van der Waals surface area contributed by atoms with Gasteiger partial charge in [-0.3, -0.25) is 4.79 Å². The molecular formula is C15H24N2O2. The van der Waals surface area contributed by atoms with E-state index in [0.717, 1.165) is 18.8 Å². The number of ether oxygens (including phenoxy) is 1. The average molecular weight is 264 g/mol. The van der Waals surface area contributed by atoms with E-state index < -0.39 is 0 Å². The van der Waals surface area contributed by atoms with Crippen molar-refractivity contribution < 1.29 is 9.53 Å². The number of carbonyl (C=O) groups is 1. The molecule has 0 saturated heterocycles. The fourth-order valence-corrected chi connectivity index (χ4v) is 1.73. The molecule has 1 rings (SSSR count). The highest BCUT2D eigenvalue weighted by molar-refractivity contribution is 5.69. The predicted octanol–water partition coefficient (Wildman–Crippen LogP) is 2.77. The van der Waals surface area contributed by atoms with Crippen LogP contribution in [0.3, 0.4) is 0 Å². The molecule has 0 spiro atoms. The van der Waals surface area contributed by atoms with E-state index in [9.17, 15) is 4.79 Å². The van der Waals surface area contributed by atoms with Gasteiger partial charge in [0.2, 0.25) is 0 Å². The van der Waals surface area contributed by atoms with Gasteiger partial charge >= 0.3 is 5.97 Å². The number of hydrogen-bond donors (Lipinski definition) is 0. The van der Waals surface area contributed by atoms with Gasteiger partial charge in [-0.25, -0.2) is 4.98 Å². The summed E-state index contributed by atoms with van der Waals surface area (Å²) in [5.74, 6) is 0.766. The van der Waals surface area contributed by atoms with Crippen LogP contribution in [0.5, 0.6) is 0 Å². The molecule has 0 aromatic carbocycles. The molecule has 0 fully saturated rings. The minimum Gasteiger partial charge on any atom is -0.469 e. The Morgan fingerprint density at radius 3 is 2.53 bits per heavy atom. The number of hydrogen-bond acceptors (Lipinski definition) is 4. The second-order valence-electron chi connectivity index (χ2n) is 5.76. The van der Waals surface area contributed by atoms with Crippen LogP contribution in [-0.2, 0) is 14.9 Å². The van der Waals surface area contributed by atoms with Crippen molar-refractivity contribution in [2.24, 2.45) is 0 Å². The van der Waals surface area contributed by atoms with Crippen LogP contribution < -0.4 is 4.90 Å². The molecule has 1 aromatic heterocycles. The van der Waals surface area contributed by atoms with Gasteiger partial charge in [-0.2, -0.15) is 0 Å². The van der Waals surface area contributed by atoms with Crippen LogP contribution in [0.2, 0.25) is 0 Å². The zero-order valence-corrected chi connectivity index (χ0v) is 12.6. The Hall–Kier alpha value is -1.58. The number of anilines is 1. The number of aromatic nitrogens is 1. The van der Waals surface area contributed by atoms with Crippen LogP contribution in [0.1, 0.15) is 39.2 Å². The van der Waals surface area contributed by atoms with Gasteiger partial charge < -0.3 is 9.64 Å². The lowest BCUT2D eigenvalue weighted by atomic mass is 9.88. The Labute approximate surface area is 115 Å². The van der Waals surface area contributed by atoms with Crippen molar-refractivity contribution >= 4 is 11.8 Å². The molecule has 0 radical (unpaired) electrons. The monoisotopic (exact) mass is 264 g/mol. The van der Waals surface area contributed by atoms with Crippen molar-refractivity contribution in [2.45, 2.75) is 39.0 Å². The molecule has 4 nitrogen and oxygen atoms in total. The molecule has 1 heterocycles. The lowest BCUT2D eigenvalue weighted by Gasteiger charge is -2.21. The van der Waals surface area contributed by atoms with Gasteiger partial charge in [-0.15, -0.1) is 0 Å². The zero-order valence-electron chi connectivity index (χ0n) is 12.6. The number of nitrogens with zero attached hydrogens (tertiary/aromatic N) is 2. The highest BCUT2D eigenvalue weighted by atomic mass is 16.5. The van der Waals surface area contributed by atoms with Crippen LogP contribution >= 0.6 is 0 Å². The molecule has 0 aliphatic rings. The first-order valence-corrected chi connectivity index (χ1v) is 6.59. The molecule has 19 heavy (non-hydrogen) atoms. The molecule has 106 valence electrons. The second kappa shape index (κ2) is 6.55. The Morgan fingerprint density at radius 2 is 2.05 bits per heavy atom. The third kappa shape index (κ3) is 4.89. The summed E-state index contributed by atoms with van der Waals surface area (Å²) in [4.78, 5) is 17.6. The molecule has 0 unspecified atom stereocenters. The van der Waals surface area contributed by atoms with E-state index in [1.165, 1.54) is 12.7 Å². The Kier molecular flexibility index (Phi) is 5.33. The van der Waals surface area contributed by atoms with E-state index in [0.29, 0.717) is 6.42 Å². The summed E-state index contributed by atoms with van der Waals surface area (Å²) in [6.45, 7) is 7.30. The van der Waals surface area contributed by atoms with E-state index in [4.69, 9.17) is 0 Å². The van der Waals surface area contributed by atoms with Crippen LogP contribution in [0.15, 0.2) is 18.3 Å². The maximum atomic E-state index is 11.0. The van der Waals surface area contributed by atoms with Gasteiger partial charge in [0.1, 0.15) is 5.82 Å². The smallest absolute Gasteiger partial charge is 0.305 e. The van der Waals surface area contributed by atoms with E-state index in [2.05, 4.69) is 41.5 Å². The molecule has 0 atom stereocenters. The normalized spacial score (nSPS) is 11.2. The van der Waals surface area contributed by atoms with Gasteiger partial charge in [-0.05, 0) is 23.5 Å². The molecule has 0 aliphatic heterocycles. The van der Waals surface area contributed by atoms with Crippen molar-refractivity contribution in [3.63, 3.8) is 0 Å². The first-order chi connectivity index (χ1) is 8.84. The molecule has 0 bridgehead atoms. The van der Waals surface area contributed by atoms with Crippen molar-refractivity contribution in [3.05, 3.63) is 23.9 Å². The summed E-state index contributed by atoms with van der Waals surface area (Å²) in [6, 6.07) is 4.14. The quantitative estimate of drug-likeness (QED) is 0.767. The SMILES string of the molecule is COC(=O)CCCN(C)c1ccc(C(C)(C)C)cn1. The molecule has 0 saturated carbocycles. The largest absolute Gasteiger partial charge is 0.469 e. The molecule has 0 N–H and O–H groups in total. The maximum Gasteiger partial charge on any atom is 0.305 e. The molecular weight excluding hydrogens is 240 g/mol. The molecule has 4 heteroatoms. The van der Waals surface area contributed by atoms with Crippen LogP contribution in [0.4, 0.5) is 5.82 Å². The fourth-order valence-electron chi connectivity index (χ4n) is 1.73. The summed E-state index contributed by atoms with van der Waals surface area (Å²) in [5.41, 5.74) is 1.34. The summed E-state index contributed by atoms with van der Waals surface area (Å²) in [6.07, 6.45) is 3.14. The minimum atomic E-state index is -0.163. The number of rotatable bonds is 5. The first-order valence-electron chi connectivity index (χ1n) is 6.59. The Balaban J connectivity index is 2.53. The predicted molar refractivity (Wildman–Crippen MR) is 77.5 cm³/mol. The van der Waals surface area contributed by atoms with Gasteiger partial charge in [0.15, 0.2) is 0 Å². The molecule has 0 aliphatic carbocycles. The summed E-state index contributed by atoms with van der Waals surface area (Å²) in [7, 11) is 3.40. The van der Waals surface area contributed by atoms with Crippen LogP contribution in [0, 0.1) is 0 Å². The highest BCUT2D eigenvalue weighted by Crippen LogP contribution is 2.22. The lowest BCUT2D eigenvalue weighted by molar-refractivity contribution is -0.140. The van der Waals surface area contributed by atoms with Gasteiger partial charge in [0, 0.05) is 26.2 Å². The summed E-state index contributed by atoms with van der Waals surface area (Å²) in [5, 5.41) is 0. The summed E-state index contributed by atoms with van der Waals surface area (Å²) < 4.78 is 4.62. The van der Waals surface area contributed by atoms with E-state index in [1.54, 1.807) is 0 Å². The van der Waals surface area contributed by atoms with Crippen molar-refractivity contribution in [1.82, 2.24) is 4.98 Å². The van der Waals surface area contributed by atoms with Crippen LogP contribution in [0.25, 0.3) is 0 Å². The third-order valence-corrected chi connectivity index (χ3v) is 3.11. The number of carbonyl (C=O) groups excluding carboxylic acids is 1. The van der Waals surface area contributed by atoms with Gasteiger partial charge in [0.05, 0.1) is 7.11 Å². The zero-order chi connectivity index (χ0) is 14.5. The van der Waals surface area contributed by atoms with E-state index >= 15 is 0 Å². The van der Waals surface area contributed by atoms with E-state index in [-0.39, 0.29) is 11.4 Å². The highest BCUT2D eigenvalue weighted by Gasteiger charge is 2.14. The topological polar surface area (TPSA) is 42.4 Å². The average Bonchev–Trinajstić information content (AvgIpc) is 2.37. The van der Waals surface area contributed by atoms with Crippen molar-refractivity contribution in [1.29, 1.82) is 0 Å². The van der Waals surface area contributed by atoms with Gasteiger partial charge in [-0.1, -0.05) is 26.8 Å². The minimum absolute atomic E-state index is 0.120. The standard InChI is InChI=1S/C15H24N2O2/c1-15(2,3)12-8-9-13(16-11-12)17(4)10-6-7-14(18)19-5/h8-9,11H,6-7,10H2,1-5H3. The van der Waals surface area contributed by atoms with Gasteiger partial charge in [0.25, 0.3) is 0 Å². The summed E-state index contributed by atoms with van der Waals surface area (Å²) >= 11 is 0. The number of esters is 1. The Bertz CT molecular complexity index is 407. The van der Waals surface area contributed by atoms with Crippen LogP contribution in [-0.4, -0.2) is 31.7 Å². The number of methoxy groups -OCH3 is 1. The first kappa shape index (κ1) is 15.5. The van der Waals surface area contributed by atoms with E-state index in [1.807, 2.05) is 19.3 Å². The number of pyridine rings is 1. The second-order valence-corrected chi connectivity index (χ2v) is 5.76. The molecule has 0 amide bonds. The van der Waals surface area contributed by atoms with Crippen molar-refractivity contribution in [2.75, 3.05) is 25.6 Å². The molecule has 1 aromatic rings. The lowest BCUT2D eigenvalue weighted by Crippen LogP contribution is -2.21. The third-order valence-electron chi connectivity index (χ3n) is 3.11. The maximum absolute atomic E-state index is 11.0. The van der Waals surface area contributed by atoms with Crippen molar-refractivity contribution in [3.8, 4) is 0 Å². The Morgan fingerprint density at radius 1 is 1.37 bits per heavy atom. The fraction of sp³-hybridized carbons (Fsp3) is 0.600.